The highest BCUT2D eigenvalue weighted by Crippen LogP contribution is 2.31. The molecular formula is C19H35BrN2OSi2. The van der Waals surface area contributed by atoms with Crippen molar-refractivity contribution in [1.82, 2.24) is 0 Å². The zero-order valence-corrected chi connectivity index (χ0v) is 20.3. The minimum absolute atomic E-state index is 0.0438. The van der Waals surface area contributed by atoms with E-state index in [0.29, 0.717) is 0 Å². The van der Waals surface area contributed by atoms with Crippen molar-refractivity contribution in [2.45, 2.75) is 77.8 Å². The molecule has 0 spiro atoms. The first kappa shape index (κ1) is 22.4. The van der Waals surface area contributed by atoms with E-state index in [2.05, 4.69) is 79.6 Å². The highest BCUT2D eigenvalue weighted by molar-refractivity contribution is 9.18. The monoisotopic (exact) mass is 442 g/mol. The van der Waals surface area contributed by atoms with Crippen molar-refractivity contribution in [3.05, 3.63) is 23.8 Å². The number of rotatable bonds is 11. The molecule has 6 heteroatoms. The fourth-order valence-corrected chi connectivity index (χ4v) is 9.47. The Morgan fingerprint density at radius 2 is 1.28 bits per heavy atom. The predicted molar refractivity (Wildman–Crippen MR) is 121 cm³/mol. The van der Waals surface area contributed by atoms with Gasteiger partial charge in [0.15, 0.2) is 16.5 Å². The summed E-state index contributed by atoms with van der Waals surface area (Å²) in [5, 5.41) is 0. The Bertz CT molecular complexity index is 556. The second-order valence-corrected chi connectivity index (χ2v) is 17.6. The van der Waals surface area contributed by atoms with Crippen LogP contribution in [0.3, 0.4) is 0 Å². The van der Waals surface area contributed by atoms with E-state index in [1.807, 2.05) is 6.07 Å². The highest BCUT2D eigenvalue weighted by Gasteiger charge is 2.30. The molecule has 0 aliphatic rings. The number of halogens is 1. The van der Waals surface area contributed by atoms with Crippen molar-refractivity contribution in [3.63, 3.8) is 0 Å². The van der Waals surface area contributed by atoms with Crippen LogP contribution in [0, 0.1) is 0 Å². The Kier molecular flexibility index (Phi) is 8.91. The van der Waals surface area contributed by atoms with Gasteiger partial charge in [-0.3, -0.25) is 4.79 Å². The van der Waals surface area contributed by atoms with E-state index in [4.69, 9.17) is 0 Å². The van der Waals surface area contributed by atoms with Gasteiger partial charge in [0.1, 0.15) is 0 Å². The third-order valence-electron chi connectivity index (χ3n) is 6.10. The summed E-state index contributed by atoms with van der Waals surface area (Å²) in [5.41, 5.74) is 2.90. The van der Waals surface area contributed by atoms with Crippen LogP contribution in [-0.2, 0) is 0 Å². The van der Waals surface area contributed by atoms with Crippen molar-refractivity contribution >= 4 is 48.5 Å². The molecule has 0 unspecified atom stereocenters. The van der Waals surface area contributed by atoms with Crippen LogP contribution in [0.1, 0.15) is 51.9 Å². The fraction of sp³-hybridized carbons (Fsp3) is 0.632. The number of carbonyl (C=O) groups excluding carboxylic acids is 1. The topological polar surface area (TPSA) is 41.1 Å². The second kappa shape index (κ2) is 9.92. The van der Waals surface area contributed by atoms with Gasteiger partial charge < -0.3 is 9.96 Å². The van der Waals surface area contributed by atoms with Gasteiger partial charge >= 0.3 is 0 Å². The van der Waals surface area contributed by atoms with Gasteiger partial charge in [0.05, 0.1) is 5.56 Å². The first-order valence-corrected chi connectivity index (χ1v) is 15.8. The molecule has 1 aromatic carbocycles. The van der Waals surface area contributed by atoms with Crippen molar-refractivity contribution < 1.29 is 4.79 Å². The SMILES string of the molecule is CC[Si](CC)(CC)Nc1ccc(C(=O)Br)c(N[Si](CC)(CC)CC)c1. The summed E-state index contributed by atoms with van der Waals surface area (Å²) in [4.78, 5) is 19.8. The third kappa shape index (κ3) is 5.44. The number of anilines is 2. The molecule has 0 radical (unpaired) electrons. The number of carbonyl (C=O) groups is 1. The maximum absolute atomic E-state index is 12.1. The molecule has 0 saturated carbocycles. The molecule has 142 valence electrons. The lowest BCUT2D eigenvalue weighted by Crippen LogP contribution is -2.42. The lowest BCUT2D eigenvalue weighted by atomic mass is 10.2. The van der Waals surface area contributed by atoms with Gasteiger partial charge in [0.2, 0.25) is 4.69 Å². The molecule has 0 aliphatic heterocycles. The molecule has 3 nitrogen and oxygen atoms in total. The number of hydrogen-bond acceptors (Lipinski definition) is 3. The van der Waals surface area contributed by atoms with Crippen LogP contribution in [0.5, 0.6) is 0 Å². The van der Waals surface area contributed by atoms with Gasteiger partial charge in [-0.05, 0) is 70.4 Å². The van der Waals surface area contributed by atoms with Crippen LogP contribution in [-0.4, -0.2) is 21.2 Å². The van der Waals surface area contributed by atoms with Gasteiger partial charge in [-0.2, -0.15) is 0 Å². The molecule has 0 atom stereocenters. The third-order valence-corrected chi connectivity index (χ3v) is 16.3. The van der Waals surface area contributed by atoms with Crippen LogP contribution < -0.4 is 9.96 Å². The molecule has 1 aromatic rings. The van der Waals surface area contributed by atoms with Gasteiger partial charge in [0.25, 0.3) is 0 Å². The zero-order chi connectivity index (χ0) is 19.1. The van der Waals surface area contributed by atoms with Crippen molar-refractivity contribution in [2.24, 2.45) is 0 Å². The van der Waals surface area contributed by atoms with Gasteiger partial charge in [-0.25, -0.2) is 0 Å². The van der Waals surface area contributed by atoms with E-state index in [0.717, 1.165) is 16.9 Å². The summed E-state index contributed by atoms with van der Waals surface area (Å²) < 4.78 is -0.0438. The van der Waals surface area contributed by atoms with E-state index in [9.17, 15) is 4.79 Å². The average molecular weight is 444 g/mol. The minimum Gasteiger partial charge on any atom is -0.410 e. The molecule has 0 aliphatic carbocycles. The standard InChI is InChI=1S/C19H35BrN2OSi2/c1-7-24(8-2,9-3)21-16-13-14-17(19(20)23)18(15-16)22-25(10-4,11-5)12-6/h13-15,21-22H,7-12H2,1-6H3. The maximum atomic E-state index is 12.1. The summed E-state index contributed by atoms with van der Waals surface area (Å²) in [6, 6.07) is 13.4. The number of benzene rings is 1. The van der Waals surface area contributed by atoms with E-state index in [-0.39, 0.29) is 4.69 Å². The minimum atomic E-state index is -1.58. The van der Waals surface area contributed by atoms with Crippen LogP contribution >= 0.6 is 15.9 Å². The molecule has 0 amide bonds. The molecule has 0 aromatic heterocycles. The van der Waals surface area contributed by atoms with Crippen LogP contribution in [0.15, 0.2) is 18.2 Å². The molecular weight excluding hydrogens is 408 g/mol. The zero-order valence-electron chi connectivity index (χ0n) is 16.8. The van der Waals surface area contributed by atoms with Crippen molar-refractivity contribution in [1.29, 1.82) is 0 Å². The second-order valence-electron chi connectivity index (χ2n) is 6.97. The Morgan fingerprint density at radius 3 is 1.68 bits per heavy atom. The predicted octanol–water partition coefficient (Wildman–Crippen LogP) is 7.06. The lowest BCUT2D eigenvalue weighted by molar-refractivity contribution is 0.109. The Balaban J connectivity index is 3.28. The van der Waals surface area contributed by atoms with Crippen molar-refractivity contribution in [3.8, 4) is 0 Å². The Labute approximate surface area is 164 Å². The van der Waals surface area contributed by atoms with E-state index in [1.54, 1.807) is 0 Å². The summed E-state index contributed by atoms with van der Waals surface area (Å²) in [6.07, 6.45) is 0. The first-order chi connectivity index (χ1) is 11.8. The Morgan fingerprint density at radius 1 is 0.840 bits per heavy atom. The van der Waals surface area contributed by atoms with Crippen molar-refractivity contribution in [2.75, 3.05) is 9.96 Å². The lowest BCUT2D eigenvalue weighted by Gasteiger charge is -2.33. The largest absolute Gasteiger partial charge is 0.410 e. The average Bonchev–Trinajstić information content (AvgIpc) is 2.64. The van der Waals surface area contributed by atoms with E-state index in [1.165, 1.54) is 36.3 Å². The summed E-state index contributed by atoms with van der Waals surface area (Å²) in [6.45, 7) is 13.7. The van der Waals surface area contributed by atoms with Gasteiger partial charge in [0, 0.05) is 11.4 Å². The van der Waals surface area contributed by atoms with E-state index >= 15 is 0 Å². The molecule has 0 saturated heterocycles. The molecule has 2 N–H and O–H groups in total. The summed E-state index contributed by atoms with van der Waals surface area (Å²) in [5.74, 6) is 0. The van der Waals surface area contributed by atoms with E-state index < -0.39 is 16.5 Å². The van der Waals surface area contributed by atoms with Gasteiger partial charge in [-0.1, -0.05) is 41.5 Å². The van der Waals surface area contributed by atoms with Crippen LogP contribution in [0.2, 0.25) is 36.3 Å². The molecule has 0 bridgehead atoms. The molecule has 0 heterocycles. The first-order valence-electron chi connectivity index (χ1n) is 9.75. The quantitative estimate of drug-likeness (QED) is 0.284. The molecule has 0 fully saturated rings. The number of nitrogens with one attached hydrogen (secondary N) is 2. The maximum Gasteiger partial charge on any atom is 0.230 e. The number of hydrogen-bond donors (Lipinski definition) is 2. The fourth-order valence-electron chi connectivity index (χ4n) is 3.52. The van der Waals surface area contributed by atoms with Gasteiger partial charge in [-0.15, -0.1) is 0 Å². The summed E-state index contributed by atoms with van der Waals surface area (Å²) >= 11 is 3.16. The summed E-state index contributed by atoms with van der Waals surface area (Å²) in [7, 11) is -3.05. The molecule has 25 heavy (non-hydrogen) atoms. The normalized spacial score (nSPS) is 12.1. The Hall–Kier alpha value is -0.596. The highest BCUT2D eigenvalue weighted by atomic mass is 79.9. The molecule has 1 rings (SSSR count). The van der Waals surface area contributed by atoms with Crippen LogP contribution in [0.4, 0.5) is 11.4 Å². The smallest absolute Gasteiger partial charge is 0.230 e. The van der Waals surface area contributed by atoms with Crippen LogP contribution in [0.25, 0.3) is 0 Å².